The van der Waals surface area contributed by atoms with Crippen LogP contribution in [0.4, 0.5) is 5.82 Å². The minimum Gasteiger partial charge on any atom is -0.353 e. The second kappa shape index (κ2) is 10.6. The number of unbranched alkanes of at least 4 members (excludes halogenated alkanes) is 1. The first kappa shape index (κ1) is 24.2. The molecule has 1 aromatic carbocycles. The minimum atomic E-state index is 0.0631. The number of carbonyl (C=O) groups is 1. The minimum absolute atomic E-state index is 0.0631. The Balaban J connectivity index is 1.31. The number of piperidine rings is 1. The van der Waals surface area contributed by atoms with Crippen LogP contribution in [0.15, 0.2) is 24.3 Å². The number of rotatable bonds is 8. The molecule has 7 nitrogen and oxygen atoms in total. The highest BCUT2D eigenvalue weighted by Gasteiger charge is 2.29. The summed E-state index contributed by atoms with van der Waals surface area (Å²) in [6.45, 7) is 9.20. The van der Waals surface area contributed by atoms with E-state index in [1.54, 1.807) is 0 Å². The number of likely N-dealkylation sites (tertiary alicyclic amines) is 1. The zero-order chi connectivity index (χ0) is 24.4. The van der Waals surface area contributed by atoms with E-state index in [1.165, 1.54) is 25.9 Å². The average molecular weight is 495 g/mol. The zero-order valence-corrected chi connectivity index (χ0v) is 21.6. The van der Waals surface area contributed by atoms with Crippen molar-refractivity contribution in [2.45, 2.75) is 58.8 Å². The molecule has 0 spiro atoms. The van der Waals surface area contributed by atoms with E-state index in [1.807, 2.05) is 35.9 Å². The molecule has 2 fully saturated rings. The van der Waals surface area contributed by atoms with Gasteiger partial charge in [-0.25, -0.2) is 4.68 Å². The van der Waals surface area contributed by atoms with Gasteiger partial charge < -0.3 is 9.80 Å². The first-order valence-corrected chi connectivity index (χ1v) is 13.4. The molecule has 8 heteroatoms. The predicted octanol–water partition coefficient (Wildman–Crippen LogP) is 5.14. The van der Waals surface area contributed by atoms with Crippen molar-refractivity contribution < 1.29 is 4.79 Å². The van der Waals surface area contributed by atoms with Crippen LogP contribution in [0.2, 0.25) is 5.02 Å². The Bertz CT molecular complexity index is 1180. The number of aryl methyl sites for hydroxylation is 2. The third-order valence-electron chi connectivity index (χ3n) is 7.58. The first-order chi connectivity index (χ1) is 17.0. The van der Waals surface area contributed by atoms with Crippen molar-refractivity contribution in [3.8, 4) is 5.69 Å². The van der Waals surface area contributed by atoms with Crippen molar-refractivity contribution in [1.29, 1.82) is 0 Å². The smallest absolute Gasteiger partial charge is 0.179 e. The Hall–Kier alpha value is -2.51. The molecule has 0 N–H and O–H groups in total. The molecule has 0 saturated carbocycles. The Kier molecular flexibility index (Phi) is 7.35. The zero-order valence-electron chi connectivity index (χ0n) is 20.8. The summed E-state index contributed by atoms with van der Waals surface area (Å²) in [6, 6.07) is 7.69. The van der Waals surface area contributed by atoms with Gasteiger partial charge in [0.15, 0.2) is 5.82 Å². The van der Waals surface area contributed by atoms with Crippen molar-refractivity contribution in [3.05, 3.63) is 40.7 Å². The van der Waals surface area contributed by atoms with E-state index in [4.69, 9.17) is 16.7 Å². The molecule has 0 aliphatic carbocycles. The van der Waals surface area contributed by atoms with Crippen molar-refractivity contribution in [2.24, 2.45) is 5.92 Å². The van der Waals surface area contributed by atoms with Crippen LogP contribution in [0.3, 0.4) is 0 Å². The van der Waals surface area contributed by atoms with Gasteiger partial charge in [-0.1, -0.05) is 11.6 Å². The number of hydrogen-bond donors (Lipinski definition) is 0. The summed E-state index contributed by atoms with van der Waals surface area (Å²) in [5, 5.41) is 15.7. The molecule has 186 valence electrons. The molecule has 0 amide bonds. The number of ketones is 1. The van der Waals surface area contributed by atoms with Crippen LogP contribution >= 0.6 is 11.6 Å². The van der Waals surface area contributed by atoms with E-state index >= 15 is 0 Å². The van der Waals surface area contributed by atoms with Gasteiger partial charge in [-0.2, -0.15) is 10.2 Å². The molecular formula is C27H35ClN6O. The summed E-state index contributed by atoms with van der Waals surface area (Å²) in [6.07, 6.45) is 7.39. The molecule has 1 atom stereocenters. The van der Waals surface area contributed by atoms with Crippen LogP contribution in [0.5, 0.6) is 0 Å². The van der Waals surface area contributed by atoms with Gasteiger partial charge in [-0.15, -0.1) is 5.10 Å². The van der Waals surface area contributed by atoms with Gasteiger partial charge in [0.2, 0.25) is 0 Å². The molecule has 5 rings (SSSR count). The van der Waals surface area contributed by atoms with E-state index in [9.17, 15) is 4.79 Å². The van der Waals surface area contributed by atoms with Gasteiger partial charge in [0, 0.05) is 30.5 Å². The Morgan fingerprint density at radius 1 is 1.03 bits per heavy atom. The molecule has 0 radical (unpaired) electrons. The lowest BCUT2D eigenvalue weighted by Gasteiger charge is -2.32. The number of carbonyl (C=O) groups excluding carboxylic acids is 1. The Labute approximate surface area is 212 Å². The molecule has 3 aromatic rings. The van der Waals surface area contributed by atoms with E-state index < -0.39 is 0 Å². The summed E-state index contributed by atoms with van der Waals surface area (Å²) < 4.78 is 1.94. The molecule has 1 unspecified atom stereocenters. The number of nitrogens with zero attached hydrogens (tertiary/aromatic N) is 6. The normalized spacial score (nSPS) is 19.1. The van der Waals surface area contributed by atoms with Gasteiger partial charge in [0.1, 0.15) is 11.3 Å². The largest absolute Gasteiger partial charge is 0.353 e. The fraction of sp³-hybridized carbons (Fsp3) is 0.556. The standard InChI is InChI=1S/C27H35ClN6O/c1-19-25-20(2)34(23-12-10-22(28)11-13-23)31-26(25)27(30-29-19)33-17-7-8-21(18-33)24(35)9-3-4-14-32-15-5-6-16-32/h10-13,21H,3-9,14-18H2,1-2H3. The molecule has 2 aliphatic rings. The number of hydrogen-bond acceptors (Lipinski definition) is 6. The number of benzene rings is 1. The summed E-state index contributed by atoms with van der Waals surface area (Å²) >= 11 is 6.09. The lowest BCUT2D eigenvalue weighted by molar-refractivity contribution is -0.123. The molecule has 2 saturated heterocycles. The fourth-order valence-electron chi connectivity index (χ4n) is 5.64. The van der Waals surface area contributed by atoms with Crippen molar-refractivity contribution in [2.75, 3.05) is 37.6 Å². The Morgan fingerprint density at radius 2 is 1.80 bits per heavy atom. The number of anilines is 1. The molecule has 2 aliphatic heterocycles. The summed E-state index contributed by atoms with van der Waals surface area (Å²) in [4.78, 5) is 17.8. The Morgan fingerprint density at radius 3 is 2.57 bits per heavy atom. The lowest BCUT2D eigenvalue weighted by atomic mass is 9.91. The number of aromatic nitrogens is 4. The predicted molar refractivity (Wildman–Crippen MR) is 141 cm³/mol. The van der Waals surface area contributed by atoms with E-state index in [-0.39, 0.29) is 5.92 Å². The molecule has 2 aromatic heterocycles. The highest BCUT2D eigenvalue weighted by molar-refractivity contribution is 6.30. The van der Waals surface area contributed by atoms with Gasteiger partial charge in [-0.3, -0.25) is 4.79 Å². The van der Waals surface area contributed by atoms with Gasteiger partial charge in [-0.05, 0) is 96.3 Å². The third-order valence-corrected chi connectivity index (χ3v) is 7.83. The molecule has 0 bridgehead atoms. The SMILES string of the molecule is Cc1nnc(N2CCCC(C(=O)CCCCN3CCCC3)C2)c2nn(-c3ccc(Cl)cc3)c(C)c12. The molecular weight excluding hydrogens is 460 g/mol. The van der Waals surface area contributed by atoms with Crippen LogP contribution in [0, 0.1) is 19.8 Å². The molecule has 35 heavy (non-hydrogen) atoms. The van der Waals surface area contributed by atoms with Gasteiger partial charge in [0.05, 0.1) is 22.5 Å². The van der Waals surface area contributed by atoms with E-state index in [2.05, 4.69) is 26.9 Å². The first-order valence-electron chi connectivity index (χ1n) is 13.0. The average Bonchev–Trinajstić information content (AvgIpc) is 3.51. The monoisotopic (exact) mass is 494 g/mol. The second-order valence-electron chi connectivity index (χ2n) is 10.1. The summed E-state index contributed by atoms with van der Waals surface area (Å²) in [7, 11) is 0. The summed E-state index contributed by atoms with van der Waals surface area (Å²) in [5.41, 5.74) is 3.69. The van der Waals surface area contributed by atoms with Crippen molar-refractivity contribution in [3.63, 3.8) is 0 Å². The number of fused-ring (bicyclic) bond motifs is 1. The van der Waals surface area contributed by atoms with Crippen molar-refractivity contribution in [1.82, 2.24) is 24.9 Å². The van der Waals surface area contributed by atoms with Crippen LogP contribution < -0.4 is 4.90 Å². The van der Waals surface area contributed by atoms with Crippen LogP contribution in [0.1, 0.15) is 56.3 Å². The van der Waals surface area contributed by atoms with Crippen LogP contribution in [-0.2, 0) is 4.79 Å². The van der Waals surface area contributed by atoms with Crippen LogP contribution in [0.25, 0.3) is 16.6 Å². The fourth-order valence-corrected chi connectivity index (χ4v) is 5.76. The maximum atomic E-state index is 13.1. The van der Waals surface area contributed by atoms with Gasteiger partial charge in [0.25, 0.3) is 0 Å². The molecule has 4 heterocycles. The second-order valence-corrected chi connectivity index (χ2v) is 10.5. The van der Waals surface area contributed by atoms with Crippen molar-refractivity contribution >= 4 is 34.1 Å². The maximum Gasteiger partial charge on any atom is 0.179 e. The van der Waals surface area contributed by atoms with E-state index in [0.29, 0.717) is 23.8 Å². The quantitative estimate of drug-likeness (QED) is 0.404. The number of Topliss-reactive ketones (excluding diaryl/α,β-unsaturated/α-hetero) is 1. The maximum absolute atomic E-state index is 13.1. The highest BCUT2D eigenvalue weighted by atomic mass is 35.5. The van der Waals surface area contributed by atoms with Crippen LogP contribution in [-0.4, -0.2) is 63.4 Å². The van der Waals surface area contributed by atoms with E-state index in [0.717, 1.165) is 72.6 Å². The highest BCUT2D eigenvalue weighted by Crippen LogP contribution is 2.32. The van der Waals surface area contributed by atoms with Gasteiger partial charge >= 0.3 is 0 Å². The summed E-state index contributed by atoms with van der Waals surface area (Å²) in [5.74, 6) is 1.25. The lowest BCUT2D eigenvalue weighted by Crippen LogP contribution is -2.39. The topological polar surface area (TPSA) is 67.2 Å². The third kappa shape index (κ3) is 5.21. The number of halogens is 1.